The van der Waals surface area contributed by atoms with Gasteiger partial charge in [0, 0.05) is 32.7 Å². The van der Waals surface area contributed by atoms with Crippen molar-refractivity contribution in [2.45, 2.75) is 64.1 Å². The lowest BCUT2D eigenvalue weighted by Gasteiger charge is -2.33. The summed E-state index contributed by atoms with van der Waals surface area (Å²) in [6, 6.07) is 4.76. The van der Waals surface area contributed by atoms with Gasteiger partial charge in [0.25, 0.3) is 5.91 Å². The Hall–Kier alpha value is -2.27. The largest absolute Gasteiger partial charge is 0.417 e. The second-order valence-corrected chi connectivity index (χ2v) is 12.9. The molecule has 0 aliphatic carbocycles. The van der Waals surface area contributed by atoms with Crippen LogP contribution in [0, 0.1) is 11.3 Å². The van der Waals surface area contributed by atoms with Crippen molar-refractivity contribution in [2.75, 3.05) is 50.4 Å². The standard InChI is InChI=1S/C26H36F3N5O3S2/c1-25(2)23(35)34(21-11-10-20(19-30)22(18-21)26(27,28)29)24(38)33(25)13-9-7-5-4-6-8-12-31-14-16-32(17-15-31)39(3,36)37/h10-11,18H,4-9,12-17H2,1-3H3. The molecule has 0 radical (unpaired) electrons. The van der Waals surface area contributed by atoms with E-state index in [-0.39, 0.29) is 10.8 Å². The first-order valence-electron chi connectivity index (χ1n) is 13.1. The lowest BCUT2D eigenvalue weighted by molar-refractivity contribution is -0.137. The van der Waals surface area contributed by atoms with Crippen LogP contribution in [0.15, 0.2) is 18.2 Å². The van der Waals surface area contributed by atoms with Crippen LogP contribution in [0.2, 0.25) is 0 Å². The summed E-state index contributed by atoms with van der Waals surface area (Å²) in [4.78, 5) is 18.4. The molecule has 2 heterocycles. The zero-order valence-electron chi connectivity index (χ0n) is 22.6. The van der Waals surface area contributed by atoms with Crippen LogP contribution < -0.4 is 4.90 Å². The Morgan fingerprint density at radius 2 is 1.56 bits per heavy atom. The maximum atomic E-state index is 13.5. The van der Waals surface area contributed by atoms with Gasteiger partial charge >= 0.3 is 6.18 Å². The van der Waals surface area contributed by atoms with Gasteiger partial charge in [0.05, 0.1) is 29.1 Å². The molecule has 0 N–H and O–H groups in total. The molecule has 0 unspecified atom stereocenters. The van der Waals surface area contributed by atoms with Crippen LogP contribution in [0.4, 0.5) is 18.9 Å². The normalized spacial score (nSPS) is 19.1. The van der Waals surface area contributed by atoms with Crippen molar-refractivity contribution < 1.29 is 26.4 Å². The maximum absolute atomic E-state index is 13.5. The predicted octanol–water partition coefficient (Wildman–Crippen LogP) is 4.21. The summed E-state index contributed by atoms with van der Waals surface area (Å²) in [5.74, 6) is -0.400. The van der Waals surface area contributed by atoms with E-state index in [1.807, 2.05) is 0 Å². The van der Waals surface area contributed by atoms with Gasteiger partial charge in [0.2, 0.25) is 10.0 Å². The molecule has 0 aromatic heterocycles. The number of carbonyl (C=O) groups is 1. The zero-order valence-corrected chi connectivity index (χ0v) is 24.3. The van der Waals surface area contributed by atoms with E-state index in [1.165, 1.54) is 16.6 Å². The van der Waals surface area contributed by atoms with E-state index in [4.69, 9.17) is 17.5 Å². The summed E-state index contributed by atoms with van der Waals surface area (Å²) in [6.07, 6.45) is 2.46. The van der Waals surface area contributed by atoms with Crippen molar-refractivity contribution >= 4 is 38.9 Å². The van der Waals surface area contributed by atoms with Gasteiger partial charge in [0.15, 0.2) is 5.11 Å². The first-order valence-corrected chi connectivity index (χ1v) is 15.4. The molecule has 0 saturated carbocycles. The fourth-order valence-corrected chi connectivity index (χ4v) is 6.37. The Morgan fingerprint density at radius 1 is 1.00 bits per heavy atom. The zero-order chi connectivity index (χ0) is 29.0. The number of rotatable bonds is 11. The van der Waals surface area contributed by atoms with Gasteiger partial charge in [0.1, 0.15) is 5.54 Å². The second kappa shape index (κ2) is 12.5. The molecule has 1 aromatic carbocycles. The average molecular weight is 588 g/mol. The molecule has 216 valence electrons. The summed E-state index contributed by atoms with van der Waals surface area (Å²) in [6.45, 7) is 7.50. The number of nitriles is 1. The van der Waals surface area contributed by atoms with E-state index < -0.39 is 38.8 Å². The highest BCUT2D eigenvalue weighted by atomic mass is 32.2. The highest BCUT2D eigenvalue weighted by Crippen LogP contribution is 2.38. The SMILES string of the molecule is CC1(C)C(=O)N(c2ccc(C#N)c(C(F)(F)F)c2)C(=S)N1CCCCCCCCN1CCN(S(C)(=O)=O)CC1. The number of thiocarbonyl (C=S) groups is 1. The molecule has 0 atom stereocenters. The topological polar surface area (TPSA) is 88.0 Å². The fourth-order valence-electron chi connectivity index (χ4n) is 5.04. The van der Waals surface area contributed by atoms with Gasteiger partial charge in [-0.25, -0.2) is 8.42 Å². The molecule has 0 spiro atoms. The van der Waals surface area contributed by atoms with Crippen LogP contribution in [0.3, 0.4) is 0 Å². The van der Waals surface area contributed by atoms with Crippen molar-refractivity contribution in [1.29, 1.82) is 5.26 Å². The number of halogens is 3. The molecule has 2 saturated heterocycles. The summed E-state index contributed by atoms with van der Waals surface area (Å²) in [5, 5.41) is 9.23. The number of nitrogens with zero attached hydrogens (tertiary/aromatic N) is 5. The monoisotopic (exact) mass is 587 g/mol. The number of amides is 1. The number of anilines is 1. The molecule has 0 bridgehead atoms. The quantitative estimate of drug-likeness (QED) is 0.283. The van der Waals surface area contributed by atoms with E-state index in [2.05, 4.69) is 4.90 Å². The summed E-state index contributed by atoms with van der Waals surface area (Å²) < 4.78 is 65.1. The van der Waals surface area contributed by atoms with E-state index in [0.29, 0.717) is 19.6 Å². The van der Waals surface area contributed by atoms with Crippen LogP contribution in [-0.4, -0.2) is 84.6 Å². The van der Waals surface area contributed by atoms with Gasteiger partial charge in [-0.3, -0.25) is 9.69 Å². The smallest absolute Gasteiger partial charge is 0.334 e. The Labute approximate surface area is 234 Å². The molecular formula is C26H36F3N5O3S2. The predicted molar refractivity (Wildman–Crippen MR) is 148 cm³/mol. The summed E-state index contributed by atoms with van der Waals surface area (Å²) in [5.41, 5.74) is -2.59. The second-order valence-electron chi connectivity index (χ2n) is 10.6. The van der Waals surface area contributed by atoms with Gasteiger partial charge in [-0.05, 0) is 63.7 Å². The van der Waals surface area contributed by atoms with Crippen LogP contribution in [0.1, 0.15) is 63.5 Å². The number of sulfonamides is 1. The van der Waals surface area contributed by atoms with Gasteiger partial charge in [-0.1, -0.05) is 25.7 Å². The van der Waals surface area contributed by atoms with Crippen molar-refractivity contribution in [3.63, 3.8) is 0 Å². The third-order valence-corrected chi connectivity index (χ3v) is 9.12. The molecule has 2 aliphatic rings. The molecule has 1 amide bonds. The van der Waals surface area contributed by atoms with E-state index >= 15 is 0 Å². The van der Waals surface area contributed by atoms with Gasteiger partial charge in [-0.15, -0.1) is 0 Å². The first-order chi connectivity index (χ1) is 18.2. The minimum atomic E-state index is -4.73. The van der Waals surface area contributed by atoms with E-state index in [0.717, 1.165) is 75.2 Å². The molecule has 39 heavy (non-hydrogen) atoms. The number of piperazine rings is 1. The number of unbranched alkanes of at least 4 members (excludes halogenated alkanes) is 5. The number of benzene rings is 1. The number of carbonyl (C=O) groups excluding carboxylic acids is 1. The minimum Gasteiger partial charge on any atom is -0.334 e. The van der Waals surface area contributed by atoms with Gasteiger partial charge < -0.3 is 9.80 Å². The number of hydrogen-bond acceptors (Lipinski definition) is 6. The highest BCUT2D eigenvalue weighted by Gasteiger charge is 2.49. The average Bonchev–Trinajstić information content (AvgIpc) is 3.03. The first kappa shape index (κ1) is 31.3. The third-order valence-electron chi connectivity index (χ3n) is 7.42. The molecular weight excluding hydrogens is 551 g/mol. The third kappa shape index (κ3) is 7.48. The van der Waals surface area contributed by atoms with Gasteiger partial charge in [-0.2, -0.15) is 22.7 Å². The van der Waals surface area contributed by atoms with Crippen LogP contribution in [0.25, 0.3) is 0 Å². The van der Waals surface area contributed by atoms with Crippen LogP contribution >= 0.6 is 12.2 Å². The van der Waals surface area contributed by atoms with Crippen LogP contribution in [0.5, 0.6) is 0 Å². The van der Waals surface area contributed by atoms with E-state index in [1.54, 1.807) is 24.8 Å². The lowest BCUT2D eigenvalue weighted by Crippen LogP contribution is -2.48. The Morgan fingerprint density at radius 3 is 2.10 bits per heavy atom. The number of hydrogen-bond donors (Lipinski definition) is 0. The Balaban J connectivity index is 1.44. The summed E-state index contributed by atoms with van der Waals surface area (Å²) >= 11 is 5.54. The molecule has 2 aliphatic heterocycles. The molecule has 1 aromatic rings. The Bertz CT molecular complexity index is 1210. The van der Waals surface area contributed by atoms with Crippen LogP contribution in [-0.2, 0) is 21.0 Å². The van der Waals surface area contributed by atoms with Crippen molar-refractivity contribution in [1.82, 2.24) is 14.1 Å². The van der Waals surface area contributed by atoms with Crippen molar-refractivity contribution in [3.05, 3.63) is 29.3 Å². The minimum absolute atomic E-state index is 0.00429. The Kier molecular flexibility index (Phi) is 10.0. The lowest BCUT2D eigenvalue weighted by atomic mass is 10.0. The molecule has 13 heteroatoms. The maximum Gasteiger partial charge on any atom is 0.417 e. The molecule has 2 fully saturated rings. The fraction of sp³-hybridized carbons (Fsp3) is 0.654. The molecule has 3 rings (SSSR count). The van der Waals surface area contributed by atoms with Crippen molar-refractivity contribution in [3.8, 4) is 6.07 Å². The molecule has 8 nitrogen and oxygen atoms in total. The summed E-state index contributed by atoms with van der Waals surface area (Å²) in [7, 11) is -3.11. The highest BCUT2D eigenvalue weighted by molar-refractivity contribution is 7.88. The number of alkyl halides is 3. The van der Waals surface area contributed by atoms with E-state index in [9.17, 15) is 26.4 Å². The van der Waals surface area contributed by atoms with Crippen molar-refractivity contribution in [2.24, 2.45) is 0 Å².